The van der Waals surface area contributed by atoms with Crippen LogP contribution in [0.25, 0.3) is 0 Å². The summed E-state index contributed by atoms with van der Waals surface area (Å²) in [5.41, 5.74) is 0.813. The summed E-state index contributed by atoms with van der Waals surface area (Å²) >= 11 is 5.79. The fraction of sp³-hybridized carbons (Fsp3) is 0.600. The molecule has 4 nitrogen and oxygen atoms in total. The van der Waals surface area contributed by atoms with E-state index in [0.717, 1.165) is 24.8 Å². The molecule has 1 aliphatic heterocycles. The number of piperidine rings is 1. The van der Waals surface area contributed by atoms with E-state index < -0.39 is 10.0 Å². The lowest BCUT2D eigenvalue weighted by Gasteiger charge is -2.31. The Morgan fingerprint density at radius 2 is 2.24 bits per heavy atom. The maximum Gasteiger partial charge on any atom is 0.243 e. The van der Waals surface area contributed by atoms with Gasteiger partial charge in [-0.25, -0.2) is 8.42 Å². The van der Waals surface area contributed by atoms with Gasteiger partial charge in [0.05, 0.1) is 11.0 Å². The Labute approximate surface area is 132 Å². The molecule has 0 amide bonds. The van der Waals surface area contributed by atoms with Crippen molar-refractivity contribution in [2.75, 3.05) is 19.7 Å². The third-order valence-corrected chi connectivity index (χ3v) is 5.76. The van der Waals surface area contributed by atoms with E-state index >= 15 is 0 Å². The molecule has 1 aromatic carbocycles. The molecule has 2 rings (SSSR count). The maximum absolute atomic E-state index is 12.7. The second-order valence-corrected chi connectivity index (χ2v) is 7.48. The van der Waals surface area contributed by atoms with Gasteiger partial charge in [-0.05, 0) is 37.0 Å². The summed E-state index contributed by atoms with van der Waals surface area (Å²) in [6.45, 7) is 3.72. The number of hydrogen-bond donors (Lipinski definition) is 0. The Hall–Kier alpha value is -0.620. The van der Waals surface area contributed by atoms with Crippen molar-refractivity contribution >= 4 is 21.6 Å². The van der Waals surface area contributed by atoms with Gasteiger partial charge >= 0.3 is 0 Å². The molecule has 0 saturated carbocycles. The number of benzene rings is 1. The minimum absolute atomic E-state index is 0.00434. The molecule has 6 heteroatoms. The lowest BCUT2D eigenvalue weighted by molar-refractivity contribution is 0.0193. The average Bonchev–Trinajstić information content (AvgIpc) is 2.53. The zero-order valence-electron chi connectivity index (χ0n) is 12.3. The molecule has 21 heavy (non-hydrogen) atoms. The first-order valence-corrected chi connectivity index (χ1v) is 9.32. The minimum Gasteiger partial charge on any atom is -0.377 e. The number of nitrogens with zero attached hydrogens (tertiary/aromatic N) is 1. The number of alkyl halides is 1. The molecular formula is C15H22ClNO3S. The van der Waals surface area contributed by atoms with E-state index in [0.29, 0.717) is 30.5 Å². The smallest absolute Gasteiger partial charge is 0.243 e. The highest BCUT2D eigenvalue weighted by Gasteiger charge is 2.30. The van der Waals surface area contributed by atoms with Gasteiger partial charge in [-0.1, -0.05) is 19.1 Å². The molecule has 1 aromatic rings. The first-order chi connectivity index (χ1) is 10.1. The maximum atomic E-state index is 12.7. The molecule has 1 heterocycles. The predicted octanol–water partition coefficient (Wildman–Crippen LogP) is 3.01. The molecule has 1 aliphatic rings. The molecule has 0 radical (unpaired) electrons. The number of sulfonamides is 1. The normalized spacial score (nSPS) is 20.6. The van der Waals surface area contributed by atoms with E-state index in [1.807, 2.05) is 6.07 Å². The molecular weight excluding hydrogens is 310 g/mol. The lowest BCUT2D eigenvalue weighted by atomic mass is 10.1. The van der Waals surface area contributed by atoms with Crippen molar-refractivity contribution in [2.45, 2.75) is 43.1 Å². The van der Waals surface area contributed by atoms with E-state index in [-0.39, 0.29) is 6.10 Å². The van der Waals surface area contributed by atoms with Gasteiger partial charge in [-0.15, -0.1) is 11.6 Å². The highest BCUT2D eigenvalue weighted by molar-refractivity contribution is 7.89. The summed E-state index contributed by atoms with van der Waals surface area (Å²) in [6, 6.07) is 6.84. The van der Waals surface area contributed by atoms with E-state index in [4.69, 9.17) is 16.3 Å². The second-order valence-electron chi connectivity index (χ2n) is 5.28. The fourth-order valence-corrected chi connectivity index (χ4v) is 4.23. The average molecular weight is 332 g/mol. The quantitative estimate of drug-likeness (QED) is 0.753. The molecule has 0 bridgehead atoms. The van der Waals surface area contributed by atoms with Crippen LogP contribution >= 0.6 is 11.6 Å². The van der Waals surface area contributed by atoms with E-state index in [2.05, 4.69) is 6.92 Å². The highest BCUT2D eigenvalue weighted by atomic mass is 35.5. The number of hydrogen-bond acceptors (Lipinski definition) is 3. The Balaban J connectivity index is 2.14. The third-order valence-electron chi connectivity index (χ3n) is 3.59. The summed E-state index contributed by atoms with van der Waals surface area (Å²) in [5, 5.41) is 0. The molecule has 118 valence electrons. The van der Waals surface area contributed by atoms with Crippen LogP contribution in [-0.4, -0.2) is 38.5 Å². The Morgan fingerprint density at radius 3 is 2.95 bits per heavy atom. The van der Waals surface area contributed by atoms with Crippen LogP contribution in [-0.2, 0) is 20.6 Å². The molecule has 1 atom stereocenters. The van der Waals surface area contributed by atoms with E-state index in [1.54, 1.807) is 18.2 Å². The van der Waals surface area contributed by atoms with Crippen molar-refractivity contribution in [3.63, 3.8) is 0 Å². The zero-order chi connectivity index (χ0) is 15.3. The standard InChI is InChI=1S/C15H22ClNO3S/c1-2-9-20-14-6-4-8-17(12-14)21(18,19)15-7-3-5-13(10-15)11-16/h3,5,7,10,14H,2,4,6,8-9,11-12H2,1H3. The van der Waals surface area contributed by atoms with Crippen LogP contribution in [0.3, 0.4) is 0 Å². The van der Waals surface area contributed by atoms with Crippen LogP contribution in [0, 0.1) is 0 Å². The topological polar surface area (TPSA) is 46.6 Å². The van der Waals surface area contributed by atoms with Crippen molar-refractivity contribution in [2.24, 2.45) is 0 Å². The summed E-state index contributed by atoms with van der Waals surface area (Å²) < 4.78 is 32.6. The van der Waals surface area contributed by atoms with Crippen molar-refractivity contribution < 1.29 is 13.2 Å². The van der Waals surface area contributed by atoms with Gasteiger partial charge in [0, 0.05) is 25.6 Å². The summed E-state index contributed by atoms with van der Waals surface area (Å²) in [6.07, 6.45) is 2.71. The zero-order valence-corrected chi connectivity index (χ0v) is 13.9. The van der Waals surface area contributed by atoms with Gasteiger partial charge in [0.25, 0.3) is 0 Å². The predicted molar refractivity (Wildman–Crippen MR) is 84.0 cm³/mol. The van der Waals surface area contributed by atoms with Crippen LogP contribution < -0.4 is 0 Å². The van der Waals surface area contributed by atoms with Crippen molar-refractivity contribution in [3.8, 4) is 0 Å². The summed E-state index contributed by atoms with van der Waals surface area (Å²) in [5.74, 6) is 0.311. The molecule has 1 fully saturated rings. The van der Waals surface area contributed by atoms with Crippen LogP contribution in [0.5, 0.6) is 0 Å². The van der Waals surface area contributed by atoms with Crippen molar-refractivity contribution in [1.82, 2.24) is 4.31 Å². The monoisotopic (exact) mass is 331 g/mol. The van der Waals surface area contributed by atoms with Gasteiger partial charge in [-0.3, -0.25) is 0 Å². The Kier molecular flexibility index (Phi) is 6.05. The first-order valence-electron chi connectivity index (χ1n) is 7.34. The highest BCUT2D eigenvalue weighted by Crippen LogP contribution is 2.23. The largest absolute Gasteiger partial charge is 0.377 e. The SMILES string of the molecule is CCCOC1CCCN(S(=O)(=O)c2cccc(CCl)c2)C1. The van der Waals surface area contributed by atoms with E-state index in [9.17, 15) is 8.42 Å². The number of rotatable bonds is 6. The fourth-order valence-electron chi connectivity index (χ4n) is 2.48. The molecule has 0 N–H and O–H groups in total. The molecule has 0 aromatic heterocycles. The van der Waals surface area contributed by atoms with Gasteiger partial charge in [0.2, 0.25) is 10.0 Å². The molecule has 0 spiro atoms. The molecule has 0 aliphatic carbocycles. The van der Waals surface area contributed by atoms with Crippen molar-refractivity contribution in [3.05, 3.63) is 29.8 Å². The molecule has 1 unspecified atom stereocenters. The van der Waals surface area contributed by atoms with Gasteiger partial charge in [0.15, 0.2) is 0 Å². The molecule has 1 saturated heterocycles. The number of halogens is 1. The van der Waals surface area contributed by atoms with Crippen LogP contribution in [0.15, 0.2) is 29.2 Å². The van der Waals surface area contributed by atoms with Crippen LogP contribution in [0.2, 0.25) is 0 Å². The van der Waals surface area contributed by atoms with E-state index in [1.165, 1.54) is 4.31 Å². The van der Waals surface area contributed by atoms with Gasteiger partial charge in [-0.2, -0.15) is 4.31 Å². The Morgan fingerprint density at radius 1 is 1.43 bits per heavy atom. The van der Waals surface area contributed by atoms with Gasteiger partial charge < -0.3 is 4.74 Å². The minimum atomic E-state index is -3.46. The third kappa shape index (κ3) is 4.19. The first kappa shape index (κ1) is 16.7. The lowest BCUT2D eigenvalue weighted by Crippen LogP contribution is -2.43. The van der Waals surface area contributed by atoms with Crippen molar-refractivity contribution in [1.29, 1.82) is 0 Å². The summed E-state index contributed by atoms with van der Waals surface area (Å²) in [4.78, 5) is 0.316. The Bertz CT molecular complexity index is 562. The summed E-state index contributed by atoms with van der Waals surface area (Å²) in [7, 11) is -3.46. The number of ether oxygens (including phenoxy) is 1. The second kappa shape index (κ2) is 7.58. The van der Waals surface area contributed by atoms with Crippen LogP contribution in [0.4, 0.5) is 0 Å². The van der Waals surface area contributed by atoms with Gasteiger partial charge in [0.1, 0.15) is 0 Å². The van der Waals surface area contributed by atoms with Crippen LogP contribution in [0.1, 0.15) is 31.7 Å².